The molecule has 1 amide bonds. The molecule has 1 aliphatic carbocycles. The lowest BCUT2D eigenvalue weighted by atomic mass is 9.81. The van der Waals surface area contributed by atoms with Crippen molar-refractivity contribution in [1.82, 2.24) is 5.32 Å². The summed E-state index contributed by atoms with van der Waals surface area (Å²) in [7, 11) is 1.33. The molecule has 5 nitrogen and oxygen atoms in total. The van der Waals surface area contributed by atoms with Gasteiger partial charge in [-0.05, 0) is 25.2 Å². The van der Waals surface area contributed by atoms with Gasteiger partial charge in [-0.25, -0.2) is 4.79 Å². The van der Waals surface area contributed by atoms with Gasteiger partial charge in [0.05, 0.1) is 12.6 Å². The normalized spacial score (nSPS) is 19.8. The topological polar surface area (TPSA) is 81.4 Å². The minimum atomic E-state index is -0.818. The van der Waals surface area contributed by atoms with Crippen molar-refractivity contribution >= 4 is 11.9 Å². The Bertz CT molecular complexity index is 323. The molecule has 0 aromatic rings. The fourth-order valence-electron chi connectivity index (χ4n) is 2.54. The summed E-state index contributed by atoms with van der Waals surface area (Å²) in [4.78, 5) is 24.0. The van der Waals surface area contributed by atoms with E-state index in [0.717, 1.165) is 19.3 Å². The summed E-state index contributed by atoms with van der Waals surface area (Å²) in [5.41, 5.74) is 5.34. The first-order valence-electron chi connectivity index (χ1n) is 7.06. The maximum atomic E-state index is 12.3. The first-order valence-corrected chi connectivity index (χ1v) is 7.06. The average molecular weight is 270 g/mol. The Hall–Kier alpha value is -1.10. The number of hydrogen-bond donors (Lipinski definition) is 2. The molecule has 1 unspecified atom stereocenters. The molecule has 19 heavy (non-hydrogen) atoms. The Morgan fingerprint density at radius 2 is 1.84 bits per heavy atom. The molecule has 3 N–H and O–H groups in total. The molecule has 1 saturated carbocycles. The Kier molecular flexibility index (Phi) is 5.79. The van der Waals surface area contributed by atoms with Crippen molar-refractivity contribution in [2.24, 2.45) is 11.7 Å². The third-order valence-electron chi connectivity index (χ3n) is 3.70. The lowest BCUT2D eigenvalue weighted by molar-refractivity contribution is -0.146. The van der Waals surface area contributed by atoms with Crippen molar-refractivity contribution in [1.29, 1.82) is 0 Å². The minimum Gasteiger partial charge on any atom is -0.467 e. The Morgan fingerprint density at radius 1 is 1.26 bits per heavy atom. The third-order valence-corrected chi connectivity index (χ3v) is 3.70. The van der Waals surface area contributed by atoms with Crippen LogP contribution < -0.4 is 11.1 Å². The van der Waals surface area contributed by atoms with Crippen molar-refractivity contribution in [2.45, 2.75) is 64.0 Å². The highest BCUT2D eigenvalue weighted by molar-refractivity contribution is 5.90. The van der Waals surface area contributed by atoms with E-state index >= 15 is 0 Å². The zero-order valence-corrected chi connectivity index (χ0v) is 12.2. The van der Waals surface area contributed by atoms with Gasteiger partial charge in [0.2, 0.25) is 5.91 Å². The molecule has 0 spiro atoms. The van der Waals surface area contributed by atoms with Crippen molar-refractivity contribution in [3.05, 3.63) is 0 Å². The van der Waals surface area contributed by atoms with Gasteiger partial charge in [0.1, 0.15) is 6.04 Å². The molecule has 0 bridgehead atoms. The fraction of sp³-hybridized carbons (Fsp3) is 0.857. The van der Waals surface area contributed by atoms with Crippen LogP contribution >= 0.6 is 0 Å². The van der Waals surface area contributed by atoms with Crippen LogP contribution in [0.25, 0.3) is 0 Å². The molecule has 0 aliphatic heterocycles. The van der Waals surface area contributed by atoms with Gasteiger partial charge in [-0.2, -0.15) is 0 Å². The Labute approximate surface area is 115 Å². The Balaban J connectivity index is 2.66. The van der Waals surface area contributed by atoms with Crippen LogP contribution in [-0.2, 0) is 14.3 Å². The standard InChI is InChI=1S/C14H26N2O3/c1-10(2)9-11(12(17)19-3)16-13(18)14(15)7-5-4-6-8-14/h10-11H,4-9,15H2,1-3H3,(H,16,18). The highest BCUT2D eigenvalue weighted by Crippen LogP contribution is 2.26. The number of methoxy groups -OCH3 is 1. The van der Waals surface area contributed by atoms with Gasteiger partial charge in [0, 0.05) is 0 Å². The number of ether oxygens (including phenoxy) is 1. The van der Waals surface area contributed by atoms with Crippen molar-refractivity contribution < 1.29 is 14.3 Å². The molecule has 1 atom stereocenters. The molecular weight excluding hydrogens is 244 g/mol. The highest BCUT2D eigenvalue weighted by atomic mass is 16.5. The van der Waals surface area contributed by atoms with Crippen LogP contribution in [-0.4, -0.2) is 30.6 Å². The van der Waals surface area contributed by atoms with Crippen LogP contribution in [0.5, 0.6) is 0 Å². The summed E-state index contributed by atoms with van der Waals surface area (Å²) < 4.78 is 4.74. The van der Waals surface area contributed by atoms with Crippen molar-refractivity contribution in [2.75, 3.05) is 7.11 Å². The van der Waals surface area contributed by atoms with Gasteiger partial charge in [0.25, 0.3) is 0 Å². The average Bonchev–Trinajstić information content (AvgIpc) is 2.37. The largest absolute Gasteiger partial charge is 0.467 e. The number of hydrogen-bond acceptors (Lipinski definition) is 4. The van der Waals surface area contributed by atoms with Gasteiger partial charge in [0.15, 0.2) is 0 Å². The van der Waals surface area contributed by atoms with Crippen LogP contribution in [0.1, 0.15) is 52.4 Å². The van der Waals surface area contributed by atoms with Crippen LogP contribution in [0.15, 0.2) is 0 Å². The van der Waals surface area contributed by atoms with Crippen molar-refractivity contribution in [3.8, 4) is 0 Å². The minimum absolute atomic E-state index is 0.219. The molecule has 1 fully saturated rings. The summed E-state index contributed by atoms with van der Waals surface area (Å²) in [6.45, 7) is 4.00. The fourth-order valence-corrected chi connectivity index (χ4v) is 2.54. The summed E-state index contributed by atoms with van der Waals surface area (Å²) in [6, 6.07) is -0.597. The van der Waals surface area contributed by atoms with E-state index in [1.807, 2.05) is 13.8 Å². The monoisotopic (exact) mass is 270 g/mol. The number of nitrogens with one attached hydrogen (secondary N) is 1. The summed E-state index contributed by atoms with van der Waals surface area (Å²) in [5, 5.41) is 2.77. The molecule has 110 valence electrons. The van der Waals surface area contributed by atoms with E-state index in [2.05, 4.69) is 5.32 Å². The second-order valence-electron chi connectivity index (χ2n) is 5.90. The van der Waals surface area contributed by atoms with Crippen LogP contribution in [0, 0.1) is 5.92 Å². The zero-order valence-electron chi connectivity index (χ0n) is 12.2. The molecule has 0 radical (unpaired) electrons. The predicted octanol–water partition coefficient (Wildman–Crippen LogP) is 1.35. The molecule has 0 saturated heterocycles. The second-order valence-corrected chi connectivity index (χ2v) is 5.90. The second kappa shape index (κ2) is 6.89. The highest BCUT2D eigenvalue weighted by Gasteiger charge is 2.37. The number of rotatable bonds is 5. The lowest BCUT2D eigenvalue weighted by Gasteiger charge is -2.33. The lowest BCUT2D eigenvalue weighted by Crippen LogP contribution is -2.58. The summed E-state index contributed by atoms with van der Waals surface area (Å²) in [5.74, 6) is -0.325. The van der Waals surface area contributed by atoms with E-state index in [1.54, 1.807) is 0 Å². The van der Waals surface area contributed by atoms with Gasteiger partial charge in [-0.15, -0.1) is 0 Å². The first-order chi connectivity index (χ1) is 8.89. The van der Waals surface area contributed by atoms with Crippen LogP contribution in [0.2, 0.25) is 0 Å². The van der Waals surface area contributed by atoms with Gasteiger partial charge in [-0.1, -0.05) is 33.1 Å². The van der Waals surface area contributed by atoms with E-state index in [9.17, 15) is 9.59 Å². The van der Waals surface area contributed by atoms with Gasteiger partial charge in [-0.3, -0.25) is 4.79 Å². The first kappa shape index (κ1) is 16.0. The SMILES string of the molecule is COC(=O)C(CC(C)C)NC(=O)C1(N)CCCCC1. The van der Waals surface area contributed by atoms with E-state index in [1.165, 1.54) is 7.11 Å². The van der Waals surface area contributed by atoms with Crippen LogP contribution in [0.4, 0.5) is 0 Å². The molecule has 0 aromatic heterocycles. The molecular formula is C14H26N2O3. The van der Waals surface area contributed by atoms with Gasteiger partial charge >= 0.3 is 5.97 Å². The maximum absolute atomic E-state index is 12.3. The number of carbonyl (C=O) groups excluding carboxylic acids is 2. The molecule has 1 rings (SSSR count). The predicted molar refractivity (Wildman–Crippen MR) is 73.4 cm³/mol. The van der Waals surface area contributed by atoms with E-state index in [-0.39, 0.29) is 5.91 Å². The summed E-state index contributed by atoms with van der Waals surface area (Å²) in [6.07, 6.45) is 5.00. The molecule has 0 heterocycles. The molecule has 0 aromatic carbocycles. The summed E-state index contributed by atoms with van der Waals surface area (Å²) >= 11 is 0. The zero-order chi connectivity index (χ0) is 14.5. The van der Waals surface area contributed by atoms with Crippen molar-refractivity contribution in [3.63, 3.8) is 0 Å². The maximum Gasteiger partial charge on any atom is 0.328 e. The van der Waals surface area contributed by atoms with Gasteiger partial charge < -0.3 is 15.8 Å². The number of amides is 1. The van der Waals surface area contributed by atoms with E-state index in [0.29, 0.717) is 25.2 Å². The third kappa shape index (κ3) is 4.49. The quantitative estimate of drug-likeness (QED) is 0.739. The van der Waals surface area contributed by atoms with E-state index < -0.39 is 17.6 Å². The number of nitrogens with two attached hydrogens (primary N) is 1. The Morgan fingerprint density at radius 3 is 2.32 bits per heavy atom. The smallest absolute Gasteiger partial charge is 0.328 e. The number of carbonyl (C=O) groups is 2. The number of esters is 1. The molecule has 5 heteroatoms. The van der Waals surface area contributed by atoms with Crippen LogP contribution in [0.3, 0.4) is 0 Å². The molecule has 1 aliphatic rings. The van der Waals surface area contributed by atoms with E-state index in [4.69, 9.17) is 10.5 Å².